The van der Waals surface area contributed by atoms with Crippen molar-refractivity contribution in [1.29, 1.82) is 0 Å². The number of Topliss-reactive ketones (excluding diaryl/α,β-unsaturated/α-hetero) is 2. The van der Waals surface area contributed by atoms with Crippen molar-refractivity contribution in [2.75, 3.05) is 0 Å². The zero-order chi connectivity index (χ0) is 23.2. The Bertz CT molecular complexity index is 558. The standard InChI is InChI=1S/C24H42O6/c1-7-23(8-2,19(5)25)30-22(28)18-16-14-12-11-13-15-17-21(27)24(9-3,10-4)29-20(6)26/h7-18H2,1-6H3. The first-order valence-electron chi connectivity index (χ1n) is 11.6. The molecule has 0 saturated heterocycles. The van der Waals surface area contributed by atoms with Gasteiger partial charge in [-0.2, -0.15) is 0 Å². The van der Waals surface area contributed by atoms with Crippen LogP contribution in [0.3, 0.4) is 0 Å². The predicted molar refractivity (Wildman–Crippen MR) is 117 cm³/mol. The number of rotatable bonds is 17. The summed E-state index contributed by atoms with van der Waals surface area (Å²) in [5, 5.41) is 0. The number of ketones is 2. The average molecular weight is 427 g/mol. The van der Waals surface area contributed by atoms with Gasteiger partial charge in [0.1, 0.15) is 0 Å². The molecule has 0 N–H and O–H groups in total. The fourth-order valence-corrected chi connectivity index (χ4v) is 3.84. The van der Waals surface area contributed by atoms with Crippen LogP contribution in [0.5, 0.6) is 0 Å². The molecule has 0 aromatic carbocycles. The van der Waals surface area contributed by atoms with Crippen LogP contribution in [0.15, 0.2) is 0 Å². The van der Waals surface area contributed by atoms with E-state index in [-0.39, 0.29) is 17.5 Å². The first-order chi connectivity index (χ1) is 14.1. The van der Waals surface area contributed by atoms with Crippen molar-refractivity contribution in [2.24, 2.45) is 0 Å². The molecule has 0 heterocycles. The van der Waals surface area contributed by atoms with Gasteiger partial charge in [-0.15, -0.1) is 0 Å². The first-order valence-corrected chi connectivity index (χ1v) is 11.6. The van der Waals surface area contributed by atoms with Gasteiger partial charge in [-0.05, 0) is 45.4 Å². The Hall–Kier alpha value is -1.72. The molecule has 0 radical (unpaired) electrons. The van der Waals surface area contributed by atoms with Crippen molar-refractivity contribution in [3.63, 3.8) is 0 Å². The van der Waals surface area contributed by atoms with Crippen molar-refractivity contribution in [1.82, 2.24) is 0 Å². The molecule has 0 unspecified atom stereocenters. The summed E-state index contributed by atoms with van der Waals surface area (Å²) in [6.07, 6.45) is 8.06. The lowest BCUT2D eigenvalue weighted by Crippen LogP contribution is -2.41. The number of carbonyl (C=O) groups is 4. The summed E-state index contributed by atoms with van der Waals surface area (Å²) in [4.78, 5) is 47.7. The van der Waals surface area contributed by atoms with Crippen molar-refractivity contribution in [3.8, 4) is 0 Å². The SMILES string of the molecule is CCC(CC)(OC(=O)CCCCCCCCC(=O)C(CC)(CC)OC(C)=O)C(C)=O. The van der Waals surface area contributed by atoms with E-state index in [1.165, 1.54) is 13.8 Å². The van der Waals surface area contributed by atoms with Crippen LogP contribution in [-0.2, 0) is 28.7 Å². The molecule has 0 aromatic rings. The first kappa shape index (κ1) is 28.3. The van der Waals surface area contributed by atoms with Crippen LogP contribution >= 0.6 is 0 Å². The highest BCUT2D eigenvalue weighted by Crippen LogP contribution is 2.25. The second-order valence-electron chi connectivity index (χ2n) is 8.07. The fraction of sp³-hybridized carbons (Fsp3) is 0.833. The molecule has 0 aliphatic heterocycles. The number of hydrogen-bond acceptors (Lipinski definition) is 6. The summed E-state index contributed by atoms with van der Waals surface area (Å²) < 4.78 is 10.8. The average Bonchev–Trinajstić information content (AvgIpc) is 2.71. The minimum atomic E-state index is -0.974. The van der Waals surface area contributed by atoms with E-state index in [0.29, 0.717) is 38.5 Å². The van der Waals surface area contributed by atoms with Gasteiger partial charge in [-0.1, -0.05) is 53.4 Å². The second kappa shape index (κ2) is 14.3. The molecule has 30 heavy (non-hydrogen) atoms. The highest BCUT2D eigenvalue weighted by Gasteiger charge is 2.37. The lowest BCUT2D eigenvalue weighted by molar-refractivity contribution is -0.168. The van der Waals surface area contributed by atoms with E-state index in [4.69, 9.17) is 9.47 Å². The number of esters is 2. The molecule has 6 heteroatoms. The van der Waals surface area contributed by atoms with Gasteiger partial charge in [0.05, 0.1) is 0 Å². The fourth-order valence-electron chi connectivity index (χ4n) is 3.84. The summed E-state index contributed by atoms with van der Waals surface area (Å²) in [6, 6.07) is 0. The maximum atomic E-state index is 12.5. The Kier molecular flexibility index (Phi) is 13.5. The zero-order valence-corrected chi connectivity index (χ0v) is 19.9. The molecule has 0 bridgehead atoms. The van der Waals surface area contributed by atoms with Gasteiger partial charge >= 0.3 is 11.9 Å². The summed E-state index contributed by atoms with van der Waals surface area (Å²) in [7, 11) is 0. The largest absolute Gasteiger partial charge is 0.451 e. The maximum absolute atomic E-state index is 12.5. The van der Waals surface area contributed by atoms with Crippen LogP contribution < -0.4 is 0 Å². The van der Waals surface area contributed by atoms with Gasteiger partial charge in [0, 0.05) is 19.8 Å². The van der Waals surface area contributed by atoms with E-state index >= 15 is 0 Å². The Morgan fingerprint density at radius 3 is 1.43 bits per heavy atom. The van der Waals surface area contributed by atoms with Crippen LogP contribution in [0.1, 0.15) is 119 Å². The molecular weight excluding hydrogens is 384 g/mol. The molecule has 0 fully saturated rings. The minimum absolute atomic E-state index is 0.00579. The minimum Gasteiger partial charge on any atom is -0.451 e. The van der Waals surface area contributed by atoms with Crippen LogP contribution in [0.2, 0.25) is 0 Å². The summed E-state index contributed by atoms with van der Waals surface area (Å²) in [6.45, 7) is 10.3. The van der Waals surface area contributed by atoms with E-state index in [1.54, 1.807) is 0 Å². The van der Waals surface area contributed by atoms with Crippen molar-refractivity contribution < 1.29 is 28.7 Å². The van der Waals surface area contributed by atoms with Gasteiger partial charge in [0.25, 0.3) is 0 Å². The Morgan fingerprint density at radius 2 is 1.03 bits per heavy atom. The van der Waals surface area contributed by atoms with E-state index in [9.17, 15) is 19.2 Å². The molecular formula is C24H42O6. The molecule has 0 spiro atoms. The number of carbonyl (C=O) groups excluding carboxylic acids is 4. The van der Waals surface area contributed by atoms with E-state index in [2.05, 4.69) is 0 Å². The van der Waals surface area contributed by atoms with Crippen molar-refractivity contribution in [3.05, 3.63) is 0 Å². The summed E-state index contributed by atoms with van der Waals surface area (Å²) in [5.74, 6) is -0.810. The molecule has 0 aliphatic carbocycles. The molecule has 6 nitrogen and oxygen atoms in total. The monoisotopic (exact) mass is 426 g/mol. The lowest BCUT2D eigenvalue weighted by Gasteiger charge is -2.29. The third-order valence-corrected chi connectivity index (χ3v) is 6.12. The van der Waals surface area contributed by atoms with Gasteiger partial charge in [0.15, 0.2) is 22.8 Å². The predicted octanol–water partition coefficient (Wildman–Crippen LogP) is 5.49. The Morgan fingerprint density at radius 1 is 0.600 bits per heavy atom. The smallest absolute Gasteiger partial charge is 0.306 e. The normalized spacial score (nSPS) is 11.8. The maximum Gasteiger partial charge on any atom is 0.306 e. The molecule has 0 amide bonds. The zero-order valence-electron chi connectivity index (χ0n) is 19.9. The van der Waals surface area contributed by atoms with Crippen LogP contribution in [-0.4, -0.2) is 34.7 Å². The quantitative estimate of drug-likeness (QED) is 0.226. The summed E-state index contributed by atoms with van der Waals surface area (Å²) >= 11 is 0. The number of unbranched alkanes of at least 4 members (excludes halogenated alkanes) is 5. The highest BCUT2D eigenvalue weighted by atomic mass is 16.6. The molecule has 174 valence electrons. The Labute approximate surface area is 182 Å². The number of ether oxygens (including phenoxy) is 2. The van der Waals surface area contributed by atoms with Crippen LogP contribution in [0, 0.1) is 0 Å². The molecule has 0 saturated carbocycles. The third-order valence-electron chi connectivity index (χ3n) is 6.12. The molecule has 0 aliphatic rings. The number of hydrogen-bond donors (Lipinski definition) is 0. The lowest BCUT2D eigenvalue weighted by atomic mass is 9.88. The van der Waals surface area contributed by atoms with Gasteiger partial charge in [-0.25, -0.2) is 0 Å². The van der Waals surface area contributed by atoms with E-state index in [0.717, 1.165) is 38.5 Å². The van der Waals surface area contributed by atoms with Gasteiger partial charge < -0.3 is 9.47 Å². The molecule has 0 aromatic heterocycles. The van der Waals surface area contributed by atoms with Gasteiger partial charge in [0.2, 0.25) is 0 Å². The Balaban J connectivity index is 4.10. The van der Waals surface area contributed by atoms with Crippen LogP contribution in [0.25, 0.3) is 0 Å². The van der Waals surface area contributed by atoms with E-state index < -0.39 is 17.2 Å². The topological polar surface area (TPSA) is 86.7 Å². The van der Waals surface area contributed by atoms with Crippen molar-refractivity contribution in [2.45, 2.75) is 130 Å². The second-order valence-corrected chi connectivity index (χ2v) is 8.07. The van der Waals surface area contributed by atoms with Gasteiger partial charge in [-0.3, -0.25) is 19.2 Å². The highest BCUT2D eigenvalue weighted by molar-refractivity contribution is 5.89. The summed E-state index contributed by atoms with van der Waals surface area (Å²) in [5.41, 5.74) is -1.94. The molecule has 0 rings (SSSR count). The van der Waals surface area contributed by atoms with E-state index in [1.807, 2.05) is 27.7 Å². The van der Waals surface area contributed by atoms with Crippen molar-refractivity contribution >= 4 is 23.5 Å². The molecule has 0 atom stereocenters. The van der Waals surface area contributed by atoms with Crippen LogP contribution in [0.4, 0.5) is 0 Å². The third kappa shape index (κ3) is 8.97.